The van der Waals surface area contributed by atoms with Crippen molar-refractivity contribution >= 4 is 34.1 Å². The van der Waals surface area contributed by atoms with Gasteiger partial charge in [0.25, 0.3) is 11.5 Å². The summed E-state index contributed by atoms with van der Waals surface area (Å²) >= 11 is 5.98. The first kappa shape index (κ1) is 19.9. The quantitative estimate of drug-likeness (QED) is 0.467. The zero-order chi connectivity index (χ0) is 21.3. The molecule has 0 bridgehead atoms. The number of halogens is 1. The first-order chi connectivity index (χ1) is 14.4. The Morgan fingerprint density at radius 1 is 0.933 bits per heavy atom. The Balaban J connectivity index is 1.79. The van der Waals surface area contributed by atoms with Gasteiger partial charge in [0.2, 0.25) is 0 Å². The number of hydrogen-bond donors (Lipinski definition) is 1. The maximum atomic E-state index is 13.4. The number of fused-ring (bicyclic) bond motifs is 1. The summed E-state index contributed by atoms with van der Waals surface area (Å²) in [6.45, 7) is 4.14. The van der Waals surface area contributed by atoms with E-state index in [1.807, 2.05) is 62.4 Å². The predicted molar refractivity (Wildman–Crippen MR) is 122 cm³/mol. The van der Waals surface area contributed by atoms with Gasteiger partial charge in [0.1, 0.15) is 0 Å². The number of H-pyrrole nitrogens is 1. The summed E-state index contributed by atoms with van der Waals surface area (Å²) in [6, 6.07) is 22.2. The molecule has 3 aromatic carbocycles. The lowest BCUT2D eigenvalue weighted by Crippen LogP contribution is -2.33. The third kappa shape index (κ3) is 4.14. The molecule has 0 spiro atoms. The maximum absolute atomic E-state index is 13.4. The van der Waals surface area contributed by atoms with Crippen molar-refractivity contribution in [3.05, 3.63) is 110 Å². The van der Waals surface area contributed by atoms with Crippen LogP contribution in [0.25, 0.3) is 10.9 Å². The van der Waals surface area contributed by atoms with E-state index in [2.05, 4.69) is 4.98 Å². The van der Waals surface area contributed by atoms with E-state index in [4.69, 9.17) is 11.6 Å². The van der Waals surface area contributed by atoms with E-state index in [-0.39, 0.29) is 18.0 Å². The van der Waals surface area contributed by atoms with Crippen LogP contribution in [0, 0.1) is 13.8 Å². The molecule has 1 aromatic heterocycles. The summed E-state index contributed by atoms with van der Waals surface area (Å²) in [4.78, 5) is 30.7. The Morgan fingerprint density at radius 3 is 2.40 bits per heavy atom. The maximum Gasteiger partial charge on any atom is 0.258 e. The van der Waals surface area contributed by atoms with Gasteiger partial charge >= 0.3 is 0 Å². The van der Waals surface area contributed by atoms with Crippen molar-refractivity contribution in [3.8, 4) is 0 Å². The lowest BCUT2D eigenvalue weighted by molar-refractivity contribution is 0.0985. The Morgan fingerprint density at radius 2 is 1.67 bits per heavy atom. The van der Waals surface area contributed by atoms with Crippen LogP contribution in [0.2, 0.25) is 5.02 Å². The summed E-state index contributed by atoms with van der Waals surface area (Å²) in [5.74, 6) is -0.194. The molecule has 0 aliphatic carbocycles. The van der Waals surface area contributed by atoms with E-state index in [1.165, 1.54) is 0 Å². The SMILES string of the molecule is Cc1cccc(N(Cc2cc3cc(C)ccc3[nH]c2=O)C(=O)c2ccc(Cl)cc2)c1. The van der Waals surface area contributed by atoms with E-state index in [0.717, 1.165) is 27.7 Å². The molecule has 1 amide bonds. The lowest BCUT2D eigenvalue weighted by Gasteiger charge is -2.23. The summed E-state index contributed by atoms with van der Waals surface area (Å²) in [5.41, 5.74) is 4.48. The van der Waals surface area contributed by atoms with Gasteiger partial charge in [-0.1, -0.05) is 35.4 Å². The van der Waals surface area contributed by atoms with Crippen molar-refractivity contribution in [2.75, 3.05) is 4.90 Å². The minimum Gasteiger partial charge on any atom is -0.322 e. The number of anilines is 1. The Kier molecular flexibility index (Phi) is 5.42. The molecule has 1 heterocycles. The summed E-state index contributed by atoms with van der Waals surface area (Å²) in [6.07, 6.45) is 0. The molecular formula is C25H21ClN2O2. The molecular weight excluding hydrogens is 396 g/mol. The molecule has 4 nitrogen and oxygen atoms in total. The molecule has 0 aliphatic rings. The standard InChI is InChI=1S/C25H21ClN2O2/c1-16-4-3-5-22(13-16)28(25(30)18-7-9-21(26)10-8-18)15-20-14-19-12-17(2)6-11-23(19)27-24(20)29/h3-14H,15H2,1-2H3,(H,27,29). The molecule has 30 heavy (non-hydrogen) atoms. The van der Waals surface area contributed by atoms with Gasteiger partial charge in [-0.3, -0.25) is 9.59 Å². The van der Waals surface area contributed by atoms with Crippen molar-refractivity contribution in [3.63, 3.8) is 0 Å². The molecule has 0 fully saturated rings. The third-order valence-corrected chi connectivity index (χ3v) is 5.31. The Labute approximate surface area is 179 Å². The monoisotopic (exact) mass is 416 g/mol. The van der Waals surface area contributed by atoms with Gasteiger partial charge in [0.15, 0.2) is 0 Å². The molecule has 1 N–H and O–H groups in total. The van der Waals surface area contributed by atoms with Crippen LogP contribution in [0.1, 0.15) is 27.0 Å². The van der Waals surface area contributed by atoms with Crippen molar-refractivity contribution in [1.29, 1.82) is 0 Å². The van der Waals surface area contributed by atoms with Gasteiger partial charge in [0.05, 0.1) is 6.54 Å². The van der Waals surface area contributed by atoms with Crippen LogP contribution in [0.4, 0.5) is 5.69 Å². The average Bonchev–Trinajstić information content (AvgIpc) is 2.72. The van der Waals surface area contributed by atoms with Crippen LogP contribution in [-0.2, 0) is 6.54 Å². The van der Waals surface area contributed by atoms with Crippen molar-refractivity contribution in [1.82, 2.24) is 4.98 Å². The number of nitrogens with one attached hydrogen (secondary N) is 1. The van der Waals surface area contributed by atoms with Crippen LogP contribution >= 0.6 is 11.6 Å². The van der Waals surface area contributed by atoms with Gasteiger partial charge < -0.3 is 9.88 Å². The van der Waals surface area contributed by atoms with Gasteiger partial charge in [-0.15, -0.1) is 0 Å². The molecule has 0 radical (unpaired) electrons. The topological polar surface area (TPSA) is 53.2 Å². The molecule has 0 saturated heterocycles. The highest BCUT2D eigenvalue weighted by Crippen LogP contribution is 2.23. The number of benzene rings is 3. The van der Waals surface area contributed by atoms with Crippen LogP contribution in [-0.4, -0.2) is 10.9 Å². The number of carbonyl (C=O) groups is 1. The fourth-order valence-corrected chi connectivity index (χ4v) is 3.61. The lowest BCUT2D eigenvalue weighted by atomic mass is 10.1. The number of nitrogens with zero attached hydrogens (tertiary/aromatic N) is 1. The molecule has 0 atom stereocenters. The molecule has 4 rings (SSSR count). The fourth-order valence-electron chi connectivity index (χ4n) is 3.48. The van der Waals surface area contributed by atoms with Gasteiger partial charge in [0, 0.05) is 27.4 Å². The number of hydrogen-bond acceptors (Lipinski definition) is 2. The molecule has 5 heteroatoms. The highest BCUT2D eigenvalue weighted by Gasteiger charge is 2.20. The Hall–Kier alpha value is -3.37. The van der Waals surface area contributed by atoms with Gasteiger partial charge in [-0.2, -0.15) is 0 Å². The number of carbonyl (C=O) groups excluding carboxylic acids is 1. The number of rotatable bonds is 4. The molecule has 0 unspecified atom stereocenters. The predicted octanol–water partition coefficient (Wildman–Crippen LogP) is 5.65. The van der Waals surface area contributed by atoms with E-state index < -0.39 is 0 Å². The first-order valence-corrected chi connectivity index (χ1v) is 10.1. The van der Waals surface area contributed by atoms with E-state index >= 15 is 0 Å². The fraction of sp³-hybridized carbons (Fsp3) is 0.120. The molecule has 0 saturated carbocycles. The smallest absolute Gasteiger partial charge is 0.258 e. The second-order valence-corrected chi connectivity index (χ2v) is 7.89. The second kappa shape index (κ2) is 8.17. The second-order valence-electron chi connectivity index (χ2n) is 7.45. The zero-order valence-corrected chi connectivity index (χ0v) is 17.5. The summed E-state index contributed by atoms with van der Waals surface area (Å²) in [5, 5.41) is 1.50. The summed E-state index contributed by atoms with van der Waals surface area (Å²) in [7, 11) is 0. The van der Waals surface area contributed by atoms with Crippen molar-refractivity contribution < 1.29 is 4.79 Å². The van der Waals surface area contributed by atoms with E-state index in [0.29, 0.717) is 16.1 Å². The minimum atomic E-state index is -0.201. The van der Waals surface area contributed by atoms with Crippen LogP contribution < -0.4 is 10.5 Å². The van der Waals surface area contributed by atoms with Gasteiger partial charge in [-0.05, 0) is 79.4 Å². The number of pyridine rings is 1. The highest BCUT2D eigenvalue weighted by molar-refractivity contribution is 6.30. The number of aromatic nitrogens is 1. The van der Waals surface area contributed by atoms with Crippen molar-refractivity contribution in [2.24, 2.45) is 0 Å². The van der Waals surface area contributed by atoms with Gasteiger partial charge in [-0.25, -0.2) is 0 Å². The number of aromatic amines is 1. The number of amides is 1. The zero-order valence-electron chi connectivity index (χ0n) is 16.8. The van der Waals surface area contributed by atoms with Crippen LogP contribution in [0.5, 0.6) is 0 Å². The van der Waals surface area contributed by atoms with Crippen molar-refractivity contribution in [2.45, 2.75) is 20.4 Å². The largest absolute Gasteiger partial charge is 0.322 e. The molecule has 0 aliphatic heterocycles. The average molecular weight is 417 g/mol. The molecule has 150 valence electrons. The Bertz CT molecular complexity index is 1290. The van der Waals surface area contributed by atoms with E-state index in [1.54, 1.807) is 29.2 Å². The first-order valence-electron chi connectivity index (χ1n) is 9.67. The summed E-state index contributed by atoms with van der Waals surface area (Å²) < 4.78 is 0. The number of aryl methyl sites for hydroxylation is 2. The third-order valence-electron chi connectivity index (χ3n) is 5.05. The highest BCUT2D eigenvalue weighted by atomic mass is 35.5. The normalized spacial score (nSPS) is 10.9. The van der Waals surface area contributed by atoms with Crippen LogP contribution in [0.15, 0.2) is 77.6 Å². The van der Waals surface area contributed by atoms with E-state index in [9.17, 15) is 9.59 Å². The molecule has 4 aromatic rings. The van der Waals surface area contributed by atoms with Crippen LogP contribution in [0.3, 0.4) is 0 Å². The minimum absolute atomic E-state index is 0.157.